The minimum atomic E-state index is 1.24. The molecule has 0 saturated heterocycles. The molecule has 0 nitrogen and oxygen atoms in total. The highest BCUT2D eigenvalue weighted by Crippen LogP contribution is 2.41. The van der Waals surface area contributed by atoms with Crippen LogP contribution in [0.1, 0.15) is 0 Å². The summed E-state index contributed by atoms with van der Waals surface area (Å²) < 4.78 is 2.68. The summed E-state index contributed by atoms with van der Waals surface area (Å²) in [6.45, 7) is 0. The van der Waals surface area contributed by atoms with Gasteiger partial charge in [-0.15, -0.1) is 11.3 Å². The summed E-state index contributed by atoms with van der Waals surface area (Å²) in [5.41, 5.74) is 5.05. The van der Waals surface area contributed by atoms with Crippen LogP contribution in [0.15, 0.2) is 133 Å². The molecular formula is C36H22S. The maximum atomic E-state index is 2.38. The van der Waals surface area contributed by atoms with Crippen LogP contribution < -0.4 is 0 Å². The zero-order chi connectivity index (χ0) is 24.3. The number of hydrogen-bond donors (Lipinski definition) is 0. The van der Waals surface area contributed by atoms with E-state index in [1.165, 1.54) is 74.7 Å². The Hall–Kier alpha value is -4.46. The van der Waals surface area contributed by atoms with Crippen LogP contribution >= 0.6 is 11.3 Å². The van der Waals surface area contributed by atoms with E-state index < -0.39 is 0 Å². The van der Waals surface area contributed by atoms with Crippen molar-refractivity contribution in [3.05, 3.63) is 133 Å². The van der Waals surface area contributed by atoms with E-state index in [0.717, 1.165) is 0 Å². The number of thiophene rings is 1. The normalized spacial score (nSPS) is 11.8. The number of benzene rings is 7. The Kier molecular flexibility index (Phi) is 4.49. The van der Waals surface area contributed by atoms with Gasteiger partial charge in [0.1, 0.15) is 0 Å². The maximum absolute atomic E-state index is 2.38. The first-order valence-corrected chi connectivity index (χ1v) is 13.5. The van der Waals surface area contributed by atoms with Gasteiger partial charge in [0.2, 0.25) is 0 Å². The molecule has 1 aromatic heterocycles. The smallest absolute Gasteiger partial charge is 0.0361 e. The quantitative estimate of drug-likeness (QED) is 0.213. The van der Waals surface area contributed by atoms with E-state index in [9.17, 15) is 0 Å². The van der Waals surface area contributed by atoms with Gasteiger partial charge in [-0.1, -0.05) is 109 Å². The van der Waals surface area contributed by atoms with Gasteiger partial charge in [-0.2, -0.15) is 0 Å². The van der Waals surface area contributed by atoms with Gasteiger partial charge in [-0.3, -0.25) is 0 Å². The Bertz CT molecular complexity index is 2110. The van der Waals surface area contributed by atoms with Crippen LogP contribution in [0.4, 0.5) is 0 Å². The molecule has 0 saturated carbocycles. The van der Waals surface area contributed by atoms with Crippen molar-refractivity contribution < 1.29 is 0 Å². The number of rotatable bonds is 2. The first-order chi connectivity index (χ1) is 18.3. The highest BCUT2D eigenvalue weighted by Gasteiger charge is 2.13. The monoisotopic (exact) mass is 486 g/mol. The second-order valence-electron chi connectivity index (χ2n) is 9.71. The Morgan fingerprint density at radius 2 is 0.865 bits per heavy atom. The molecule has 0 radical (unpaired) electrons. The van der Waals surface area contributed by atoms with Crippen LogP contribution in [0.3, 0.4) is 0 Å². The lowest BCUT2D eigenvalue weighted by atomic mass is 9.91. The molecule has 37 heavy (non-hydrogen) atoms. The average molecular weight is 487 g/mol. The fraction of sp³-hybridized carbons (Fsp3) is 0. The van der Waals surface area contributed by atoms with Crippen LogP contribution in [0.25, 0.3) is 74.7 Å². The fourth-order valence-electron chi connectivity index (χ4n) is 5.97. The first kappa shape index (κ1) is 20.7. The van der Waals surface area contributed by atoms with Gasteiger partial charge in [0.25, 0.3) is 0 Å². The molecular weight excluding hydrogens is 464 g/mol. The van der Waals surface area contributed by atoms with E-state index in [0.29, 0.717) is 0 Å². The lowest BCUT2D eigenvalue weighted by molar-refractivity contribution is 1.63. The van der Waals surface area contributed by atoms with Gasteiger partial charge in [-0.05, 0) is 78.8 Å². The highest BCUT2D eigenvalue weighted by molar-refractivity contribution is 7.25. The van der Waals surface area contributed by atoms with Gasteiger partial charge < -0.3 is 0 Å². The molecule has 1 heteroatoms. The van der Waals surface area contributed by atoms with Crippen molar-refractivity contribution in [3.8, 4) is 22.3 Å². The largest absolute Gasteiger partial charge is 0.135 e. The summed E-state index contributed by atoms with van der Waals surface area (Å²) in [6.07, 6.45) is 0. The zero-order valence-electron chi connectivity index (χ0n) is 20.1. The first-order valence-electron chi connectivity index (χ1n) is 12.7. The molecule has 0 N–H and O–H groups in total. The summed E-state index contributed by atoms with van der Waals surface area (Å²) in [5.74, 6) is 0. The predicted octanol–water partition coefficient (Wildman–Crippen LogP) is 10.8. The van der Waals surface area contributed by atoms with E-state index in [2.05, 4.69) is 133 Å². The second-order valence-corrected chi connectivity index (χ2v) is 10.8. The third-order valence-corrected chi connectivity index (χ3v) is 8.79. The van der Waals surface area contributed by atoms with E-state index >= 15 is 0 Å². The van der Waals surface area contributed by atoms with Crippen molar-refractivity contribution in [3.63, 3.8) is 0 Å². The van der Waals surface area contributed by atoms with Crippen molar-refractivity contribution in [2.75, 3.05) is 0 Å². The van der Waals surface area contributed by atoms with Crippen LogP contribution in [0.2, 0.25) is 0 Å². The number of fused-ring (bicyclic) bond motifs is 9. The van der Waals surface area contributed by atoms with Crippen LogP contribution in [-0.2, 0) is 0 Å². The lowest BCUT2D eigenvalue weighted by Gasteiger charge is -2.13. The molecule has 0 atom stereocenters. The predicted molar refractivity (Wildman–Crippen MR) is 163 cm³/mol. The molecule has 0 spiro atoms. The standard InChI is InChI=1S/C36H22S/c1-2-13-29-27(11-1)28-12-3-4-14-30(28)33-22-24(19-20-31(29)33)23-9-7-10-25(21-23)26-16-8-18-35-36(26)32-15-5-6-17-34(32)37-35/h1-22H. The molecule has 1 heterocycles. The van der Waals surface area contributed by atoms with E-state index in [-0.39, 0.29) is 0 Å². The van der Waals surface area contributed by atoms with Gasteiger partial charge in [0.05, 0.1) is 0 Å². The third-order valence-electron chi connectivity index (χ3n) is 7.65. The maximum Gasteiger partial charge on any atom is 0.0361 e. The van der Waals surface area contributed by atoms with Crippen molar-refractivity contribution in [2.24, 2.45) is 0 Å². The van der Waals surface area contributed by atoms with E-state index in [1.54, 1.807) is 0 Å². The van der Waals surface area contributed by atoms with Gasteiger partial charge in [-0.25, -0.2) is 0 Å². The molecule has 0 aliphatic heterocycles. The van der Waals surface area contributed by atoms with Crippen LogP contribution in [0, 0.1) is 0 Å². The second kappa shape index (κ2) is 8.03. The Labute approximate surface area is 219 Å². The topological polar surface area (TPSA) is 0 Å². The van der Waals surface area contributed by atoms with Crippen molar-refractivity contribution >= 4 is 63.8 Å². The van der Waals surface area contributed by atoms with Gasteiger partial charge >= 0.3 is 0 Å². The molecule has 0 aliphatic rings. The van der Waals surface area contributed by atoms with Gasteiger partial charge in [0.15, 0.2) is 0 Å². The summed E-state index contributed by atoms with van der Waals surface area (Å²) in [5, 5.41) is 10.6. The SMILES string of the molecule is c1cc(-c2ccc3c4ccccc4c4ccccc4c3c2)cc(-c2cccc3sc4ccccc4c23)c1. The summed E-state index contributed by atoms with van der Waals surface area (Å²) in [6, 6.07) is 49.0. The number of hydrogen-bond acceptors (Lipinski definition) is 1. The lowest BCUT2D eigenvalue weighted by Crippen LogP contribution is -1.86. The summed E-state index contributed by atoms with van der Waals surface area (Å²) in [4.78, 5) is 0. The highest BCUT2D eigenvalue weighted by atomic mass is 32.1. The summed E-state index contributed by atoms with van der Waals surface area (Å²) in [7, 11) is 0. The Morgan fingerprint density at radius 1 is 0.324 bits per heavy atom. The molecule has 172 valence electrons. The average Bonchev–Trinajstić information content (AvgIpc) is 3.36. The zero-order valence-corrected chi connectivity index (χ0v) is 20.9. The molecule has 0 amide bonds. The fourth-order valence-corrected chi connectivity index (χ4v) is 7.10. The third kappa shape index (κ3) is 3.15. The van der Waals surface area contributed by atoms with E-state index in [1.807, 2.05) is 11.3 Å². The van der Waals surface area contributed by atoms with E-state index in [4.69, 9.17) is 0 Å². The van der Waals surface area contributed by atoms with Crippen LogP contribution in [-0.4, -0.2) is 0 Å². The minimum absolute atomic E-state index is 1.24. The molecule has 0 fully saturated rings. The van der Waals surface area contributed by atoms with Crippen molar-refractivity contribution in [1.29, 1.82) is 0 Å². The van der Waals surface area contributed by atoms with Crippen molar-refractivity contribution in [1.82, 2.24) is 0 Å². The molecule has 0 aliphatic carbocycles. The molecule has 7 aromatic carbocycles. The molecule has 8 rings (SSSR count). The Balaban J connectivity index is 1.36. The summed E-state index contributed by atoms with van der Waals surface area (Å²) >= 11 is 1.87. The molecule has 0 unspecified atom stereocenters. The molecule has 8 aromatic rings. The van der Waals surface area contributed by atoms with Crippen LogP contribution in [0.5, 0.6) is 0 Å². The van der Waals surface area contributed by atoms with Crippen molar-refractivity contribution in [2.45, 2.75) is 0 Å². The van der Waals surface area contributed by atoms with Gasteiger partial charge in [0, 0.05) is 20.2 Å². The Morgan fingerprint density at radius 3 is 1.62 bits per heavy atom. The molecule has 0 bridgehead atoms. The minimum Gasteiger partial charge on any atom is -0.135 e.